The van der Waals surface area contributed by atoms with E-state index in [4.69, 9.17) is 15.1 Å². The van der Waals surface area contributed by atoms with Crippen LogP contribution in [0, 0.1) is 17.1 Å². The zero-order valence-electron chi connectivity index (χ0n) is 10.7. The fraction of sp³-hybridized carbons (Fsp3) is 0. The van der Waals surface area contributed by atoms with E-state index < -0.39 is 11.8 Å². The lowest BCUT2D eigenvalue weighted by Crippen LogP contribution is -1.93. The molecule has 6 heteroatoms. The van der Waals surface area contributed by atoms with E-state index in [0.717, 1.165) is 12.1 Å². The smallest absolute Gasteiger partial charge is 0.328 e. The summed E-state index contributed by atoms with van der Waals surface area (Å²) in [6.07, 6.45) is 3.74. The van der Waals surface area contributed by atoms with Crippen LogP contribution in [0.2, 0.25) is 0 Å². The molecule has 0 saturated carbocycles. The number of rotatable bonds is 4. The Morgan fingerprint density at radius 2 is 2.24 bits per heavy atom. The molecule has 1 aromatic heterocycles. The van der Waals surface area contributed by atoms with E-state index in [2.05, 4.69) is 4.98 Å². The van der Waals surface area contributed by atoms with E-state index in [-0.39, 0.29) is 17.2 Å². The third-order valence-corrected chi connectivity index (χ3v) is 2.48. The van der Waals surface area contributed by atoms with E-state index >= 15 is 0 Å². The molecule has 0 spiro atoms. The second kappa shape index (κ2) is 6.30. The highest BCUT2D eigenvalue weighted by atomic mass is 19.1. The highest BCUT2D eigenvalue weighted by Gasteiger charge is 2.07. The van der Waals surface area contributed by atoms with E-state index in [0.29, 0.717) is 5.56 Å². The van der Waals surface area contributed by atoms with Gasteiger partial charge in [-0.15, -0.1) is 0 Å². The Balaban J connectivity index is 2.30. The number of hydrogen-bond donors (Lipinski definition) is 1. The van der Waals surface area contributed by atoms with Gasteiger partial charge >= 0.3 is 5.97 Å². The van der Waals surface area contributed by atoms with Crippen LogP contribution in [0.1, 0.15) is 11.1 Å². The zero-order valence-corrected chi connectivity index (χ0v) is 10.7. The summed E-state index contributed by atoms with van der Waals surface area (Å²) >= 11 is 0. The number of carboxylic acid groups (broad SMARTS) is 1. The first-order chi connectivity index (χ1) is 10.1. The van der Waals surface area contributed by atoms with Crippen molar-refractivity contribution in [1.82, 2.24) is 4.98 Å². The molecule has 0 fully saturated rings. The maximum absolute atomic E-state index is 13.5. The number of carboxylic acids is 1. The minimum absolute atomic E-state index is 0.0885. The largest absolute Gasteiger partial charge is 0.478 e. The molecule has 0 atom stereocenters. The van der Waals surface area contributed by atoms with E-state index in [1.807, 2.05) is 0 Å². The van der Waals surface area contributed by atoms with Crippen LogP contribution in [0.4, 0.5) is 4.39 Å². The molecule has 0 amide bonds. The molecule has 0 aliphatic carbocycles. The summed E-state index contributed by atoms with van der Waals surface area (Å²) in [5.74, 6) is -1.50. The van der Waals surface area contributed by atoms with Crippen molar-refractivity contribution in [2.45, 2.75) is 0 Å². The highest BCUT2D eigenvalue weighted by Crippen LogP contribution is 2.25. The van der Waals surface area contributed by atoms with E-state index in [1.165, 1.54) is 24.4 Å². The quantitative estimate of drug-likeness (QED) is 0.872. The van der Waals surface area contributed by atoms with Crippen molar-refractivity contribution in [2.75, 3.05) is 0 Å². The van der Waals surface area contributed by atoms with Crippen molar-refractivity contribution in [1.29, 1.82) is 5.26 Å². The molecular formula is C15H9FN2O3. The predicted octanol–water partition coefficient (Wildman–Crippen LogP) is 2.98. The normalized spacial score (nSPS) is 10.3. The average Bonchev–Trinajstić information content (AvgIpc) is 2.46. The van der Waals surface area contributed by atoms with Crippen molar-refractivity contribution < 1.29 is 19.0 Å². The number of nitriles is 1. The molecule has 1 heterocycles. The predicted molar refractivity (Wildman–Crippen MR) is 72.1 cm³/mol. The third-order valence-electron chi connectivity index (χ3n) is 2.48. The molecule has 1 N–H and O–H groups in total. The molecular weight excluding hydrogens is 275 g/mol. The molecule has 2 aromatic rings. The summed E-state index contributed by atoms with van der Waals surface area (Å²) in [6, 6.07) is 8.73. The van der Waals surface area contributed by atoms with Crippen molar-refractivity contribution >= 4 is 12.0 Å². The van der Waals surface area contributed by atoms with Crippen molar-refractivity contribution in [2.24, 2.45) is 0 Å². The summed E-state index contributed by atoms with van der Waals surface area (Å²) in [6.45, 7) is 0. The van der Waals surface area contributed by atoms with Gasteiger partial charge in [-0.3, -0.25) is 0 Å². The Hall–Kier alpha value is -3.20. The number of aliphatic carboxylic acids is 1. The van der Waals surface area contributed by atoms with E-state index in [9.17, 15) is 9.18 Å². The standard InChI is InChI=1S/C15H9FN2O3/c16-13-8-12(5-3-11(13)9-17)21-15-10(2-1-7-18-15)4-6-14(19)20/h1-8H,(H,19,20)/b6-4+. The highest BCUT2D eigenvalue weighted by molar-refractivity contribution is 5.85. The monoisotopic (exact) mass is 284 g/mol. The number of ether oxygens (including phenoxy) is 1. The van der Waals surface area contributed by atoms with Gasteiger partial charge < -0.3 is 9.84 Å². The first-order valence-electron chi connectivity index (χ1n) is 5.83. The molecule has 0 aliphatic heterocycles. The van der Waals surface area contributed by atoms with Crippen LogP contribution in [-0.4, -0.2) is 16.1 Å². The average molecular weight is 284 g/mol. The number of aromatic nitrogens is 1. The van der Waals surface area contributed by atoms with Gasteiger partial charge in [-0.1, -0.05) is 0 Å². The van der Waals surface area contributed by atoms with Gasteiger partial charge in [0, 0.05) is 23.9 Å². The molecule has 0 unspecified atom stereocenters. The SMILES string of the molecule is N#Cc1ccc(Oc2ncccc2/C=C/C(=O)O)cc1F. The van der Waals surface area contributed by atoms with Gasteiger partial charge in [0.1, 0.15) is 17.6 Å². The van der Waals surface area contributed by atoms with Gasteiger partial charge in [-0.2, -0.15) is 5.26 Å². The second-order valence-electron chi connectivity index (χ2n) is 3.92. The minimum atomic E-state index is -1.10. The molecule has 104 valence electrons. The lowest BCUT2D eigenvalue weighted by molar-refractivity contribution is -0.131. The maximum Gasteiger partial charge on any atom is 0.328 e. The van der Waals surface area contributed by atoms with Crippen LogP contribution in [0.5, 0.6) is 11.6 Å². The Morgan fingerprint density at radius 1 is 1.43 bits per heavy atom. The zero-order chi connectivity index (χ0) is 15.2. The van der Waals surface area contributed by atoms with Crippen molar-refractivity contribution in [3.05, 3.63) is 59.5 Å². The molecule has 0 saturated heterocycles. The van der Waals surface area contributed by atoms with Crippen LogP contribution < -0.4 is 4.74 Å². The first kappa shape index (κ1) is 14.2. The first-order valence-corrected chi connectivity index (χ1v) is 5.83. The fourth-order valence-electron chi connectivity index (χ4n) is 1.54. The van der Waals surface area contributed by atoms with Crippen molar-refractivity contribution in [3.63, 3.8) is 0 Å². The molecule has 21 heavy (non-hydrogen) atoms. The number of pyridine rings is 1. The lowest BCUT2D eigenvalue weighted by Gasteiger charge is -2.07. The molecule has 5 nitrogen and oxygen atoms in total. The van der Waals surface area contributed by atoms with Crippen LogP contribution >= 0.6 is 0 Å². The topological polar surface area (TPSA) is 83.2 Å². The Kier molecular flexibility index (Phi) is 4.26. The second-order valence-corrected chi connectivity index (χ2v) is 3.92. The van der Waals surface area contributed by atoms with Crippen LogP contribution in [0.3, 0.4) is 0 Å². The van der Waals surface area contributed by atoms with Gasteiger partial charge in [-0.25, -0.2) is 14.2 Å². The van der Waals surface area contributed by atoms with Gasteiger partial charge in [0.05, 0.1) is 5.56 Å². The summed E-state index contributed by atoms with van der Waals surface area (Å²) in [4.78, 5) is 14.5. The van der Waals surface area contributed by atoms with Gasteiger partial charge in [0.15, 0.2) is 0 Å². The summed E-state index contributed by atoms with van der Waals surface area (Å²) in [5.41, 5.74) is 0.346. The number of halogens is 1. The Bertz CT molecular complexity index is 751. The molecule has 2 rings (SSSR count). The number of carbonyl (C=O) groups is 1. The minimum Gasteiger partial charge on any atom is -0.478 e. The maximum atomic E-state index is 13.5. The Morgan fingerprint density at radius 3 is 2.90 bits per heavy atom. The van der Waals surface area contributed by atoms with Crippen LogP contribution in [-0.2, 0) is 4.79 Å². The number of hydrogen-bond acceptors (Lipinski definition) is 4. The number of benzene rings is 1. The lowest BCUT2D eigenvalue weighted by atomic mass is 10.2. The van der Waals surface area contributed by atoms with E-state index in [1.54, 1.807) is 18.2 Å². The van der Waals surface area contributed by atoms with Gasteiger partial charge in [-0.05, 0) is 30.3 Å². The molecule has 0 bridgehead atoms. The fourth-order valence-corrected chi connectivity index (χ4v) is 1.54. The summed E-state index contributed by atoms with van der Waals surface area (Å²) < 4.78 is 18.9. The molecule has 0 radical (unpaired) electrons. The summed E-state index contributed by atoms with van der Waals surface area (Å²) in [7, 11) is 0. The molecule has 0 aliphatic rings. The Labute approximate surface area is 119 Å². The van der Waals surface area contributed by atoms with Crippen LogP contribution in [0.15, 0.2) is 42.6 Å². The van der Waals surface area contributed by atoms with Crippen LogP contribution in [0.25, 0.3) is 6.08 Å². The molecule has 1 aromatic carbocycles. The third kappa shape index (κ3) is 3.64. The van der Waals surface area contributed by atoms with Gasteiger partial charge in [0.2, 0.25) is 5.88 Å². The van der Waals surface area contributed by atoms with Crippen molar-refractivity contribution in [3.8, 4) is 17.7 Å². The number of nitrogens with zero attached hydrogens (tertiary/aromatic N) is 2. The van der Waals surface area contributed by atoms with Gasteiger partial charge in [0.25, 0.3) is 0 Å². The summed E-state index contributed by atoms with van der Waals surface area (Å²) in [5, 5.41) is 17.3.